The highest BCUT2D eigenvalue weighted by Crippen LogP contribution is 2.19. The van der Waals surface area contributed by atoms with Crippen molar-refractivity contribution in [2.75, 3.05) is 18.5 Å². The fourth-order valence-corrected chi connectivity index (χ4v) is 1.78. The van der Waals surface area contributed by atoms with Crippen LogP contribution in [-0.2, 0) is 0 Å². The van der Waals surface area contributed by atoms with Gasteiger partial charge in [0.05, 0.1) is 18.8 Å². The zero-order chi connectivity index (χ0) is 12.2. The Morgan fingerprint density at radius 2 is 2.00 bits per heavy atom. The van der Waals surface area contributed by atoms with Crippen molar-refractivity contribution in [2.24, 2.45) is 0 Å². The average Bonchev–Trinajstić information content (AvgIpc) is 2.25. The summed E-state index contributed by atoms with van der Waals surface area (Å²) in [6, 6.07) is 1.71. The second-order valence-corrected chi connectivity index (χ2v) is 4.51. The Morgan fingerprint density at radius 3 is 2.44 bits per heavy atom. The van der Waals surface area contributed by atoms with Crippen LogP contribution in [0.1, 0.15) is 19.2 Å². The number of aliphatic hydroxyl groups is 2. The summed E-state index contributed by atoms with van der Waals surface area (Å²) in [4.78, 5) is 8.27. The maximum Gasteiger partial charge on any atom is 0.131 e. The predicted octanol–water partition coefficient (Wildman–Crippen LogP) is 1.09. The molecule has 5 nitrogen and oxygen atoms in total. The normalized spacial score (nSPS) is 11.6. The summed E-state index contributed by atoms with van der Waals surface area (Å²) in [5, 5.41) is 21.6. The smallest absolute Gasteiger partial charge is 0.131 e. The number of halogens is 1. The summed E-state index contributed by atoms with van der Waals surface area (Å²) < 4.78 is 0.670. The molecular formula is C10H16BrN3O2. The summed E-state index contributed by atoms with van der Waals surface area (Å²) in [6.07, 6.45) is 0.598. The monoisotopic (exact) mass is 289 g/mol. The van der Waals surface area contributed by atoms with Gasteiger partial charge in [0.1, 0.15) is 16.2 Å². The molecule has 0 saturated heterocycles. The fourth-order valence-electron chi connectivity index (χ4n) is 1.31. The van der Waals surface area contributed by atoms with E-state index in [1.165, 1.54) is 0 Å². The van der Waals surface area contributed by atoms with Crippen molar-refractivity contribution in [2.45, 2.75) is 25.8 Å². The average molecular weight is 290 g/mol. The molecule has 0 aliphatic heterocycles. The van der Waals surface area contributed by atoms with Crippen molar-refractivity contribution in [1.82, 2.24) is 9.97 Å². The highest BCUT2D eigenvalue weighted by molar-refractivity contribution is 9.10. The molecule has 1 heterocycles. The van der Waals surface area contributed by atoms with Gasteiger partial charge in [-0.3, -0.25) is 0 Å². The quantitative estimate of drug-likeness (QED) is 0.708. The molecule has 1 aromatic heterocycles. The third-order valence-corrected chi connectivity index (χ3v) is 2.89. The van der Waals surface area contributed by atoms with Gasteiger partial charge in [-0.2, -0.15) is 0 Å². The van der Waals surface area contributed by atoms with Crippen LogP contribution < -0.4 is 5.32 Å². The summed E-state index contributed by atoms with van der Waals surface area (Å²) in [6.45, 7) is 3.37. The fraction of sp³-hybridized carbons (Fsp3) is 0.600. The van der Waals surface area contributed by atoms with Crippen molar-refractivity contribution in [1.29, 1.82) is 0 Å². The highest BCUT2D eigenvalue weighted by atomic mass is 79.9. The molecule has 0 unspecified atom stereocenters. The standard InChI is InChI=1S/C10H16BrN3O2/c1-3-10(5-15,6-16)14-9-4-8(11)12-7(2)13-9/h4,15-16H,3,5-6H2,1-2H3,(H,12,13,14). The molecule has 0 fully saturated rings. The van der Waals surface area contributed by atoms with Crippen molar-refractivity contribution < 1.29 is 10.2 Å². The minimum Gasteiger partial charge on any atom is -0.394 e. The van der Waals surface area contributed by atoms with E-state index in [2.05, 4.69) is 31.2 Å². The largest absolute Gasteiger partial charge is 0.394 e. The van der Waals surface area contributed by atoms with E-state index in [4.69, 9.17) is 0 Å². The molecule has 0 aromatic carbocycles. The Labute approximate surface area is 103 Å². The molecule has 0 atom stereocenters. The van der Waals surface area contributed by atoms with Crippen LogP contribution in [0.15, 0.2) is 10.7 Å². The number of rotatable bonds is 5. The van der Waals surface area contributed by atoms with E-state index in [-0.39, 0.29) is 13.2 Å². The number of aliphatic hydroxyl groups excluding tert-OH is 2. The Balaban J connectivity index is 2.93. The van der Waals surface area contributed by atoms with E-state index in [0.717, 1.165) is 0 Å². The molecule has 90 valence electrons. The van der Waals surface area contributed by atoms with Gasteiger partial charge in [0.2, 0.25) is 0 Å². The summed E-state index contributed by atoms with van der Waals surface area (Å²) in [7, 11) is 0. The van der Waals surface area contributed by atoms with Gasteiger partial charge in [-0.05, 0) is 29.3 Å². The molecule has 1 rings (SSSR count). The van der Waals surface area contributed by atoms with Crippen LogP contribution in [0.5, 0.6) is 0 Å². The highest BCUT2D eigenvalue weighted by Gasteiger charge is 2.26. The van der Waals surface area contributed by atoms with E-state index in [1.54, 1.807) is 13.0 Å². The van der Waals surface area contributed by atoms with Crippen molar-refractivity contribution in [3.8, 4) is 0 Å². The first-order valence-corrected chi connectivity index (χ1v) is 5.85. The third kappa shape index (κ3) is 3.13. The molecule has 0 bridgehead atoms. The molecule has 16 heavy (non-hydrogen) atoms. The first-order valence-electron chi connectivity index (χ1n) is 5.06. The van der Waals surface area contributed by atoms with Gasteiger partial charge in [-0.1, -0.05) is 6.92 Å². The van der Waals surface area contributed by atoms with Crippen LogP contribution in [0.2, 0.25) is 0 Å². The number of anilines is 1. The second-order valence-electron chi connectivity index (χ2n) is 3.70. The molecule has 0 amide bonds. The Hall–Kier alpha value is -0.720. The van der Waals surface area contributed by atoms with Gasteiger partial charge in [-0.15, -0.1) is 0 Å². The zero-order valence-electron chi connectivity index (χ0n) is 9.37. The van der Waals surface area contributed by atoms with Crippen molar-refractivity contribution in [3.63, 3.8) is 0 Å². The maximum absolute atomic E-state index is 9.30. The van der Waals surface area contributed by atoms with Crippen molar-refractivity contribution in [3.05, 3.63) is 16.5 Å². The van der Waals surface area contributed by atoms with E-state index < -0.39 is 5.54 Å². The minimum atomic E-state index is -0.736. The van der Waals surface area contributed by atoms with E-state index >= 15 is 0 Å². The first kappa shape index (κ1) is 13.3. The zero-order valence-corrected chi connectivity index (χ0v) is 11.0. The van der Waals surface area contributed by atoms with Crippen LogP contribution in [-0.4, -0.2) is 38.9 Å². The van der Waals surface area contributed by atoms with Gasteiger partial charge in [0.25, 0.3) is 0 Å². The number of nitrogens with one attached hydrogen (secondary N) is 1. The van der Waals surface area contributed by atoms with Crippen molar-refractivity contribution >= 4 is 21.7 Å². The van der Waals surface area contributed by atoms with Crippen LogP contribution in [0.4, 0.5) is 5.82 Å². The Morgan fingerprint density at radius 1 is 1.38 bits per heavy atom. The molecule has 0 aliphatic carbocycles. The molecule has 0 radical (unpaired) electrons. The van der Waals surface area contributed by atoms with Gasteiger partial charge in [0, 0.05) is 6.07 Å². The number of nitrogens with zero attached hydrogens (tertiary/aromatic N) is 2. The Kier molecular flexibility index (Phi) is 4.64. The van der Waals surface area contributed by atoms with E-state index in [0.29, 0.717) is 22.7 Å². The molecule has 0 aliphatic rings. The summed E-state index contributed by atoms with van der Waals surface area (Å²) in [5.41, 5.74) is -0.736. The topological polar surface area (TPSA) is 78.3 Å². The number of hydrogen-bond acceptors (Lipinski definition) is 5. The lowest BCUT2D eigenvalue weighted by Crippen LogP contribution is -2.45. The van der Waals surface area contributed by atoms with E-state index in [9.17, 15) is 10.2 Å². The second kappa shape index (κ2) is 5.56. The number of aryl methyl sites for hydroxylation is 1. The van der Waals surface area contributed by atoms with Gasteiger partial charge < -0.3 is 15.5 Å². The molecule has 6 heteroatoms. The molecule has 0 saturated carbocycles. The van der Waals surface area contributed by atoms with Crippen LogP contribution in [0, 0.1) is 6.92 Å². The lowest BCUT2D eigenvalue weighted by molar-refractivity contribution is 0.132. The molecule has 0 spiro atoms. The van der Waals surface area contributed by atoms with Crippen LogP contribution >= 0.6 is 15.9 Å². The third-order valence-electron chi connectivity index (χ3n) is 2.48. The van der Waals surface area contributed by atoms with Crippen LogP contribution in [0.3, 0.4) is 0 Å². The molecule has 1 aromatic rings. The predicted molar refractivity (Wildman–Crippen MR) is 65.3 cm³/mol. The maximum atomic E-state index is 9.30. The number of aromatic nitrogens is 2. The van der Waals surface area contributed by atoms with Gasteiger partial charge >= 0.3 is 0 Å². The lowest BCUT2D eigenvalue weighted by Gasteiger charge is -2.30. The van der Waals surface area contributed by atoms with Gasteiger partial charge in [0.15, 0.2) is 0 Å². The molecular weight excluding hydrogens is 274 g/mol. The lowest BCUT2D eigenvalue weighted by atomic mass is 9.98. The molecule has 3 N–H and O–H groups in total. The SMILES string of the molecule is CCC(CO)(CO)Nc1cc(Br)nc(C)n1. The van der Waals surface area contributed by atoms with Crippen LogP contribution in [0.25, 0.3) is 0 Å². The summed E-state index contributed by atoms with van der Waals surface area (Å²) >= 11 is 3.27. The first-order chi connectivity index (χ1) is 7.55. The van der Waals surface area contributed by atoms with E-state index in [1.807, 2.05) is 6.92 Å². The summed E-state index contributed by atoms with van der Waals surface area (Å²) in [5.74, 6) is 1.21. The minimum absolute atomic E-state index is 0.152. The Bertz CT molecular complexity index is 327. The van der Waals surface area contributed by atoms with Gasteiger partial charge in [-0.25, -0.2) is 9.97 Å². The number of hydrogen-bond donors (Lipinski definition) is 3.